The fourth-order valence-electron chi connectivity index (χ4n) is 5.63. The molecular weight excluding hydrogens is 528 g/mol. The first-order valence-corrected chi connectivity index (χ1v) is 13.9. The van der Waals surface area contributed by atoms with Gasteiger partial charge in [-0.1, -0.05) is 29.8 Å². The molecule has 0 radical (unpaired) electrons. The van der Waals surface area contributed by atoms with E-state index in [1.165, 1.54) is 0 Å². The van der Waals surface area contributed by atoms with E-state index in [-0.39, 0.29) is 24.3 Å². The molecule has 206 valence electrons. The van der Waals surface area contributed by atoms with Crippen molar-refractivity contribution in [3.8, 4) is 11.1 Å². The SMILES string of the molecule is CC(=O)N1c2ccc(-c3cccc(NC(=O)Cc4cn5cc(Cl)nc(N6CCOCC6)c5n4)c3)cc2CC[C@@H]1C. The van der Waals surface area contributed by atoms with Gasteiger partial charge in [-0.25, -0.2) is 9.97 Å². The van der Waals surface area contributed by atoms with Crippen LogP contribution in [0, 0.1) is 0 Å². The molecule has 4 aromatic rings. The summed E-state index contributed by atoms with van der Waals surface area (Å²) in [5.41, 5.74) is 6.21. The Kier molecular flexibility index (Phi) is 7.16. The maximum atomic E-state index is 13.0. The van der Waals surface area contributed by atoms with Crippen LogP contribution in [-0.4, -0.2) is 58.5 Å². The van der Waals surface area contributed by atoms with Gasteiger partial charge in [0.2, 0.25) is 11.8 Å². The molecule has 2 aliphatic rings. The number of anilines is 3. The van der Waals surface area contributed by atoms with E-state index in [1.54, 1.807) is 13.1 Å². The number of halogens is 1. The van der Waals surface area contributed by atoms with Crippen LogP contribution in [0.15, 0.2) is 54.9 Å². The number of hydrogen-bond donors (Lipinski definition) is 1. The molecule has 4 heterocycles. The zero-order valence-electron chi connectivity index (χ0n) is 22.6. The van der Waals surface area contributed by atoms with Gasteiger partial charge in [0.1, 0.15) is 5.15 Å². The van der Waals surface area contributed by atoms with Crippen molar-refractivity contribution in [3.05, 3.63) is 71.3 Å². The summed E-state index contributed by atoms with van der Waals surface area (Å²) in [6, 6.07) is 14.2. The zero-order chi connectivity index (χ0) is 27.8. The van der Waals surface area contributed by atoms with Gasteiger partial charge in [0, 0.05) is 49.8 Å². The molecule has 2 amide bonds. The minimum absolute atomic E-state index is 0.0631. The molecule has 0 aliphatic carbocycles. The largest absolute Gasteiger partial charge is 0.378 e. The minimum atomic E-state index is -0.163. The predicted molar refractivity (Wildman–Crippen MR) is 156 cm³/mol. The number of amides is 2. The Hall–Kier alpha value is -3.95. The number of imidazole rings is 1. The highest BCUT2D eigenvalue weighted by Gasteiger charge is 2.26. The molecule has 6 rings (SSSR count). The second-order valence-electron chi connectivity index (χ2n) is 10.4. The molecule has 10 heteroatoms. The fourth-order valence-corrected chi connectivity index (χ4v) is 5.82. The Bertz CT molecular complexity index is 1600. The molecule has 40 heavy (non-hydrogen) atoms. The molecule has 0 bridgehead atoms. The highest BCUT2D eigenvalue weighted by Crippen LogP contribution is 2.35. The lowest BCUT2D eigenvalue weighted by Crippen LogP contribution is -2.40. The van der Waals surface area contributed by atoms with Gasteiger partial charge in [-0.3, -0.25) is 9.59 Å². The van der Waals surface area contributed by atoms with E-state index >= 15 is 0 Å². The molecule has 9 nitrogen and oxygen atoms in total. The smallest absolute Gasteiger partial charge is 0.230 e. The summed E-state index contributed by atoms with van der Waals surface area (Å²) in [6.07, 6.45) is 5.50. The fraction of sp³-hybridized carbons (Fsp3) is 0.333. The third-order valence-corrected chi connectivity index (χ3v) is 7.71. The van der Waals surface area contributed by atoms with Crippen molar-refractivity contribution in [1.82, 2.24) is 14.4 Å². The lowest BCUT2D eigenvalue weighted by molar-refractivity contribution is -0.117. The van der Waals surface area contributed by atoms with Crippen molar-refractivity contribution in [2.45, 2.75) is 39.2 Å². The molecule has 1 saturated heterocycles. The Morgan fingerprint density at radius 2 is 1.88 bits per heavy atom. The second-order valence-corrected chi connectivity index (χ2v) is 10.8. The number of benzene rings is 2. The van der Waals surface area contributed by atoms with Gasteiger partial charge in [-0.2, -0.15) is 0 Å². The molecule has 2 aromatic carbocycles. The van der Waals surface area contributed by atoms with Crippen LogP contribution < -0.4 is 15.1 Å². The summed E-state index contributed by atoms with van der Waals surface area (Å²) in [5.74, 6) is 0.596. The van der Waals surface area contributed by atoms with Crippen molar-refractivity contribution in [3.63, 3.8) is 0 Å². The average molecular weight is 559 g/mol. The van der Waals surface area contributed by atoms with E-state index in [4.69, 9.17) is 21.3 Å². The number of aryl methyl sites for hydroxylation is 1. The normalized spacial score (nSPS) is 17.1. The standard InChI is InChI=1S/C30H31ClN6O3/c1-19-6-7-23-14-22(8-9-26(23)37(19)20(2)38)21-4-3-5-24(15-21)32-28(39)16-25-17-36-18-27(31)34-30(29(36)33-25)35-10-12-40-13-11-35/h3-5,8-9,14-15,17-19H,6-7,10-13,16H2,1-2H3,(H,32,39)/t19-/m0/s1. The number of nitrogens with one attached hydrogen (secondary N) is 1. The molecule has 2 aliphatic heterocycles. The van der Waals surface area contributed by atoms with Crippen LogP contribution in [0.4, 0.5) is 17.2 Å². The summed E-state index contributed by atoms with van der Waals surface area (Å²) < 4.78 is 7.29. The lowest BCUT2D eigenvalue weighted by Gasteiger charge is -2.34. The van der Waals surface area contributed by atoms with E-state index in [0.717, 1.165) is 35.2 Å². The topological polar surface area (TPSA) is 92.1 Å². The first kappa shape index (κ1) is 26.3. The van der Waals surface area contributed by atoms with Crippen LogP contribution in [-0.2, 0) is 27.2 Å². The maximum absolute atomic E-state index is 13.0. The molecule has 0 saturated carbocycles. The number of fused-ring (bicyclic) bond motifs is 2. The number of rotatable bonds is 5. The number of aromatic nitrogens is 3. The van der Waals surface area contributed by atoms with Gasteiger partial charge < -0.3 is 24.3 Å². The molecular formula is C30H31ClN6O3. The van der Waals surface area contributed by atoms with Crippen LogP contribution in [0.1, 0.15) is 31.5 Å². The van der Waals surface area contributed by atoms with E-state index in [0.29, 0.717) is 54.3 Å². The van der Waals surface area contributed by atoms with E-state index in [1.807, 2.05) is 51.9 Å². The van der Waals surface area contributed by atoms with Crippen molar-refractivity contribution in [1.29, 1.82) is 0 Å². The van der Waals surface area contributed by atoms with Crippen molar-refractivity contribution in [2.75, 3.05) is 41.4 Å². The van der Waals surface area contributed by atoms with Gasteiger partial charge in [0.05, 0.1) is 25.3 Å². The summed E-state index contributed by atoms with van der Waals surface area (Å²) in [6.45, 7) is 6.37. The van der Waals surface area contributed by atoms with Crippen LogP contribution in [0.3, 0.4) is 0 Å². The lowest BCUT2D eigenvalue weighted by atomic mass is 9.93. The van der Waals surface area contributed by atoms with Gasteiger partial charge in [-0.05, 0) is 60.7 Å². The number of hydrogen-bond acceptors (Lipinski definition) is 6. The van der Waals surface area contributed by atoms with Crippen LogP contribution in [0.5, 0.6) is 0 Å². The molecule has 0 unspecified atom stereocenters. The van der Waals surface area contributed by atoms with Crippen LogP contribution >= 0.6 is 11.6 Å². The van der Waals surface area contributed by atoms with Gasteiger partial charge in [-0.15, -0.1) is 0 Å². The quantitative estimate of drug-likeness (QED) is 0.380. The van der Waals surface area contributed by atoms with Crippen LogP contribution in [0.2, 0.25) is 5.15 Å². The Labute approximate surface area is 237 Å². The van der Waals surface area contributed by atoms with E-state index in [9.17, 15) is 9.59 Å². The number of carbonyl (C=O) groups is 2. The van der Waals surface area contributed by atoms with Gasteiger partial charge in [0.25, 0.3) is 0 Å². The predicted octanol–water partition coefficient (Wildman–Crippen LogP) is 4.76. The van der Waals surface area contributed by atoms with Crippen LogP contribution in [0.25, 0.3) is 16.8 Å². The van der Waals surface area contributed by atoms with Gasteiger partial charge >= 0.3 is 0 Å². The Balaban J connectivity index is 1.19. The molecule has 2 aromatic heterocycles. The van der Waals surface area contributed by atoms with Gasteiger partial charge in [0.15, 0.2) is 11.5 Å². The van der Waals surface area contributed by atoms with Crippen molar-refractivity contribution < 1.29 is 14.3 Å². The number of nitrogens with zero attached hydrogens (tertiary/aromatic N) is 5. The Morgan fingerprint density at radius 1 is 1.07 bits per heavy atom. The van der Waals surface area contributed by atoms with Crippen molar-refractivity contribution >= 4 is 46.3 Å². The first-order chi connectivity index (χ1) is 19.4. The maximum Gasteiger partial charge on any atom is 0.230 e. The zero-order valence-corrected chi connectivity index (χ0v) is 23.3. The molecule has 0 spiro atoms. The third-order valence-electron chi connectivity index (χ3n) is 7.52. The Morgan fingerprint density at radius 3 is 2.67 bits per heavy atom. The second kappa shape index (κ2) is 10.9. The van der Waals surface area contributed by atoms with E-state index in [2.05, 4.69) is 28.2 Å². The minimum Gasteiger partial charge on any atom is -0.378 e. The third kappa shape index (κ3) is 5.26. The summed E-state index contributed by atoms with van der Waals surface area (Å²) in [4.78, 5) is 38.4. The highest BCUT2D eigenvalue weighted by molar-refractivity contribution is 6.29. The first-order valence-electron chi connectivity index (χ1n) is 13.6. The van der Waals surface area contributed by atoms with E-state index < -0.39 is 0 Å². The summed E-state index contributed by atoms with van der Waals surface area (Å²) >= 11 is 6.28. The molecule has 1 N–H and O–H groups in total. The molecule has 1 fully saturated rings. The average Bonchev–Trinajstić information content (AvgIpc) is 3.34. The summed E-state index contributed by atoms with van der Waals surface area (Å²) in [7, 11) is 0. The monoisotopic (exact) mass is 558 g/mol. The van der Waals surface area contributed by atoms with Crippen molar-refractivity contribution in [2.24, 2.45) is 0 Å². The summed E-state index contributed by atoms with van der Waals surface area (Å²) in [5, 5.41) is 3.38. The molecule has 1 atom stereocenters. The number of ether oxygens (including phenoxy) is 1. The number of carbonyl (C=O) groups excluding carboxylic acids is 2. The number of morpholine rings is 1. The highest BCUT2D eigenvalue weighted by atomic mass is 35.5.